The van der Waals surface area contributed by atoms with Gasteiger partial charge in [0.25, 0.3) is 5.91 Å². The summed E-state index contributed by atoms with van der Waals surface area (Å²) in [4.78, 5) is 24.9. The summed E-state index contributed by atoms with van der Waals surface area (Å²) >= 11 is 0. The highest BCUT2D eigenvalue weighted by atomic mass is 19.4. The number of alkyl halides is 6. The Morgan fingerprint density at radius 1 is 0.794 bits per heavy atom. The Kier molecular flexibility index (Phi) is 5.94. The smallest absolute Gasteiger partial charge is 0.338 e. The number of rotatable bonds is 4. The van der Waals surface area contributed by atoms with Crippen molar-refractivity contribution in [3.8, 4) is 0 Å². The molecule has 1 aromatic carbocycles. The number of hydrogen-bond donors (Lipinski definition) is 1. The maximum Gasteiger partial charge on any atom is 0.418 e. The lowest BCUT2D eigenvalue weighted by Crippen LogP contribution is -2.32. The zero-order valence-corrected chi connectivity index (χ0v) is 17.0. The van der Waals surface area contributed by atoms with Gasteiger partial charge >= 0.3 is 12.4 Å². The highest BCUT2D eigenvalue weighted by Gasteiger charge is 2.37. The molecule has 5 nitrogen and oxygen atoms in total. The van der Waals surface area contributed by atoms with Crippen LogP contribution in [0.3, 0.4) is 0 Å². The Hall–Kier alpha value is -4.02. The monoisotopic (exact) mass is 476 g/mol. The number of carbonyl (C=O) groups excluding carboxylic acids is 1. The first kappa shape index (κ1) is 23.1. The van der Waals surface area contributed by atoms with Gasteiger partial charge in [-0.25, -0.2) is 9.97 Å². The fourth-order valence-electron chi connectivity index (χ4n) is 3.35. The highest BCUT2D eigenvalue weighted by Crippen LogP contribution is 2.36. The summed E-state index contributed by atoms with van der Waals surface area (Å²) in [5, 5.41) is 3.07. The molecule has 0 aliphatic heterocycles. The summed E-state index contributed by atoms with van der Waals surface area (Å²) in [5.74, 6) is -0.851. The average molecular weight is 476 g/mol. The number of hydrogen-bond acceptors (Lipinski definition) is 4. The van der Waals surface area contributed by atoms with Crippen LogP contribution in [0.4, 0.5) is 26.3 Å². The minimum absolute atomic E-state index is 0.0236. The molecule has 0 radical (unpaired) electrons. The van der Waals surface area contributed by atoms with Crippen LogP contribution in [-0.4, -0.2) is 20.9 Å². The van der Waals surface area contributed by atoms with Gasteiger partial charge in [0, 0.05) is 17.8 Å². The van der Waals surface area contributed by atoms with E-state index in [4.69, 9.17) is 0 Å². The molecule has 174 valence electrons. The second-order valence-electron chi connectivity index (χ2n) is 7.21. The SMILES string of the molecule is O=C(NC(c1ccc(C(F)(F)F)cc1)c1ncccc1C(F)(F)F)c1ccc2cccnc2n1. The number of halogens is 6. The lowest BCUT2D eigenvalue weighted by atomic mass is 9.97. The molecule has 4 aromatic rings. The van der Waals surface area contributed by atoms with Crippen molar-refractivity contribution in [2.45, 2.75) is 18.4 Å². The van der Waals surface area contributed by atoms with Crippen LogP contribution in [-0.2, 0) is 12.4 Å². The van der Waals surface area contributed by atoms with Crippen LogP contribution in [0, 0.1) is 0 Å². The zero-order valence-electron chi connectivity index (χ0n) is 17.0. The molecule has 11 heteroatoms. The summed E-state index contributed by atoms with van der Waals surface area (Å²) < 4.78 is 79.9. The van der Waals surface area contributed by atoms with Crippen LogP contribution < -0.4 is 5.32 Å². The molecular weight excluding hydrogens is 462 g/mol. The first-order valence-corrected chi connectivity index (χ1v) is 9.76. The fraction of sp³-hybridized carbons (Fsp3) is 0.130. The molecule has 0 saturated carbocycles. The van der Waals surface area contributed by atoms with Crippen LogP contribution in [0.15, 0.2) is 73.1 Å². The van der Waals surface area contributed by atoms with Crippen LogP contribution in [0.5, 0.6) is 0 Å². The van der Waals surface area contributed by atoms with Crippen LogP contribution in [0.25, 0.3) is 11.0 Å². The van der Waals surface area contributed by atoms with E-state index in [2.05, 4.69) is 20.3 Å². The lowest BCUT2D eigenvalue weighted by Gasteiger charge is -2.22. The van der Waals surface area contributed by atoms with E-state index in [1.54, 1.807) is 18.2 Å². The van der Waals surface area contributed by atoms with Crippen LogP contribution in [0.1, 0.15) is 38.9 Å². The minimum atomic E-state index is -4.82. The molecule has 0 aliphatic carbocycles. The van der Waals surface area contributed by atoms with E-state index in [1.807, 2.05) is 0 Å². The van der Waals surface area contributed by atoms with Crippen molar-refractivity contribution in [1.29, 1.82) is 0 Å². The third kappa shape index (κ3) is 4.82. The van der Waals surface area contributed by atoms with E-state index in [0.29, 0.717) is 5.39 Å². The van der Waals surface area contributed by atoms with E-state index in [0.717, 1.165) is 42.6 Å². The van der Waals surface area contributed by atoms with Crippen molar-refractivity contribution in [2.75, 3.05) is 0 Å². The minimum Gasteiger partial charge on any atom is -0.338 e. The van der Waals surface area contributed by atoms with Gasteiger partial charge in [-0.05, 0) is 54.1 Å². The number of amides is 1. The molecule has 1 unspecified atom stereocenters. The van der Waals surface area contributed by atoms with E-state index >= 15 is 0 Å². The van der Waals surface area contributed by atoms with E-state index < -0.39 is 41.1 Å². The van der Waals surface area contributed by atoms with Crippen molar-refractivity contribution < 1.29 is 31.1 Å². The third-order valence-corrected chi connectivity index (χ3v) is 4.96. The highest BCUT2D eigenvalue weighted by molar-refractivity contribution is 5.94. The Balaban J connectivity index is 1.77. The summed E-state index contributed by atoms with van der Waals surface area (Å²) in [6.07, 6.45) is -6.89. The van der Waals surface area contributed by atoms with Gasteiger partial charge in [0.2, 0.25) is 0 Å². The molecule has 1 N–H and O–H groups in total. The van der Waals surface area contributed by atoms with Crippen molar-refractivity contribution in [1.82, 2.24) is 20.3 Å². The van der Waals surface area contributed by atoms with Gasteiger partial charge in [0.05, 0.1) is 22.9 Å². The molecular formula is C23H14F6N4O. The number of pyridine rings is 3. The number of carbonyl (C=O) groups is 1. The van der Waals surface area contributed by atoms with Crippen molar-refractivity contribution in [3.63, 3.8) is 0 Å². The van der Waals surface area contributed by atoms with E-state index in [9.17, 15) is 31.1 Å². The van der Waals surface area contributed by atoms with E-state index in [-0.39, 0.29) is 16.9 Å². The molecule has 0 spiro atoms. The molecule has 3 aromatic heterocycles. The quantitative estimate of drug-likeness (QED) is 0.391. The van der Waals surface area contributed by atoms with Crippen LogP contribution >= 0.6 is 0 Å². The normalized spacial score (nSPS) is 13.0. The number of nitrogens with one attached hydrogen (secondary N) is 1. The topological polar surface area (TPSA) is 67.8 Å². The average Bonchev–Trinajstić information content (AvgIpc) is 2.81. The Morgan fingerprint density at radius 3 is 2.15 bits per heavy atom. The second-order valence-corrected chi connectivity index (χ2v) is 7.21. The predicted molar refractivity (Wildman–Crippen MR) is 110 cm³/mol. The maximum absolute atomic E-state index is 13.7. The molecule has 0 bridgehead atoms. The summed E-state index contributed by atoms with van der Waals surface area (Å²) in [5.41, 5.74) is -2.59. The number of fused-ring (bicyclic) bond motifs is 1. The predicted octanol–water partition coefficient (Wildman–Crippen LogP) is 5.58. The first-order chi connectivity index (χ1) is 16.0. The zero-order chi connectivity index (χ0) is 24.5. The van der Waals surface area contributed by atoms with Crippen molar-refractivity contribution in [3.05, 3.63) is 101 Å². The van der Waals surface area contributed by atoms with Crippen molar-refractivity contribution >= 4 is 16.9 Å². The molecule has 1 amide bonds. The summed E-state index contributed by atoms with van der Waals surface area (Å²) in [6, 6.07) is 10.1. The molecule has 0 saturated heterocycles. The van der Waals surface area contributed by atoms with Gasteiger partial charge in [-0.15, -0.1) is 0 Å². The summed E-state index contributed by atoms with van der Waals surface area (Å²) in [7, 11) is 0. The van der Waals surface area contributed by atoms with Gasteiger partial charge < -0.3 is 5.32 Å². The Bertz CT molecular complexity index is 1340. The fourth-order valence-corrected chi connectivity index (χ4v) is 3.35. The molecule has 0 fully saturated rings. The Labute approximate surface area is 188 Å². The van der Waals surface area contributed by atoms with E-state index in [1.165, 1.54) is 12.3 Å². The molecule has 3 heterocycles. The standard InChI is InChI=1S/C23H14F6N4O/c24-22(25,26)15-8-5-13(6-9-15)18(19-16(23(27,28)29)4-2-11-30-19)33-21(34)17-10-7-14-3-1-12-31-20(14)32-17/h1-12,18H,(H,33,34). The molecule has 4 rings (SSSR count). The number of nitrogens with zero attached hydrogens (tertiary/aromatic N) is 3. The first-order valence-electron chi connectivity index (χ1n) is 9.76. The Morgan fingerprint density at radius 2 is 1.47 bits per heavy atom. The van der Waals surface area contributed by atoms with Crippen LogP contribution in [0.2, 0.25) is 0 Å². The summed E-state index contributed by atoms with van der Waals surface area (Å²) in [6.45, 7) is 0. The maximum atomic E-state index is 13.7. The van der Waals surface area contributed by atoms with Gasteiger partial charge in [-0.1, -0.05) is 12.1 Å². The van der Waals surface area contributed by atoms with Gasteiger partial charge in [0.15, 0.2) is 5.65 Å². The van der Waals surface area contributed by atoms with Gasteiger partial charge in [0.1, 0.15) is 5.69 Å². The lowest BCUT2D eigenvalue weighted by molar-refractivity contribution is -0.139. The third-order valence-electron chi connectivity index (χ3n) is 4.96. The largest absolute Gasteiger partial charge is 0.418 e. The van der Waals surface area contributed by atoms with Gasteiger partial charge in [-0.3, -0.25) is 9.78 Å². The number of aromatic nitrogens is 3. The number of benzene rings is 1. The molecule has 1 atom stereocenters. The molecule has 34 heavy (non-hydrogen) atoms. The second kappa shape index (κ2) is 8.73. The van der Waals surface area contributed by atoms with Crippen molar-refractivity contribution in [2.24, 2.45) is 0 Å². The van der Waals surface area contributed by atoms with Gasteiger partial charge in [-0.2, -0.15) is 26.3 Å². The molecule has 0 aliphatic rings.